The summed E-state index contributed by atoms with van der Waals surface area (Å²) in [7, 11) is 0. The van der Waals surface area contributed by atoms with Gasteiger partial charge in [0.1, 0.15) is 0 Å². The second-order valence-corrected chi connectivity index (χ2v) is 6.31. The first-order valence-corrected chi connectivity index (χ1v) is 7.84. The molecule has 3 heterocycles. The van der Waals surface area contributed by atoms with Crippen molar-refractivity contribution in [2.45, 2.75) is 44.1 Å². The summed E-state index contributed by atoms with van der Waals surface area (Å²) in [4.78, 5) is 0. The van der Waals surface area contributed by atoms with Crippen LogP contribution in [0.25, 0.3) is 11.3 Å². The number of hydrogen-bond donors (Lipinski definition) is 2. The second-order valence-electron chi connectivity index (χ2n) is 5.88. The molecule has 0 spiro atoms. The number of nitrogens with one attached hydrogen (secondary N) is 2. The molecule has 2 bridgehead atoms. The van der Waals surface area contributed by atoms with Gasteiger partial charge in [0.25, 0.3) is 0 Å². The van der Waals surface area contributed by atoms with Gasteiger partial charge in [-0.3, -0.25) is 5.10 Å². The maximum atomic E-state index is 6.07. The van der Waals surface area contributed by atoms with Gasteiger partial charge in [-0.1, -0.05) is 23.7 Å². The molecule has 110 valence electrons. The van der Waals surface area contributed by atoms with Gasteiger partial charge in [-0.25, -0.2) is 0 Å². The van der Waals surface area contributed by atoms with Gasteiger partial charge >= 0.3 is 0 Å². The minimum Gasteiger partial charge on any atom is -0.373 e. The van der Waals surface area contributed by atoms with E-state index in [9.17, 15) is 0 Å². The molecule has 3 atom stereocenters. The summed E-state index contributed by atoms with van der Waals surface area (Å²) in [6, 6.07) is 8.32. The van der Waals surface area contributed by atoms with Crippen molar-refractivity contribution in [2.24, 2.45) is 0 Å². The number of nitrogens with zero attached hydrogens (tertiary/aromatic N) is 1. The van der Waals surface area contributed by atoms with Gasteiger partial charge in [0.15, 0.2) is 0 Å². The lowest BCUT2D eigenvalue weighted by Gasteiger charge is -2.20. The number of fused-ring (bicyclic) bond motifs is 2. The highest BCUT2D eigenvalue weighted by Gasteiger charge is 2.40. The molecule has 0 saturated carbocycles. The van der Waals surface area contributed by atoms with Crippen molar-refractivity contribution in [3.05, 3.63) is 41.0 Å². The van der Waals surface area contributed by atoms with Crippen LogP contribution in [-0.4, -0.2) is 28.4 Å². The SMILES string of the molecule is Clc1cccc(-c2[nH]ncc2CNC2CC3CCC2O3)c1. The van der Waals surface area contributed by atoms with Gasteiger partial charge in [-0.15, -0.1) is 0 Å². The maximum absolute atomic E-state index is 6.07. The number of rotatable bonds is 4. The smallest absolute Gasteiger partial charge is 0.0733 e. The number of H-pyrrole nitrogens is 1. The Hall–Kier alpha value is -1.36. The van der Waals surface area contributed by atoms with Crippen LogP contribution in [0.2, 0.25) is 5.02 Å². The first-order chi connectivity index (χ1) is 10.3. The van der Waals surface area contributed by atoms with E-state index in [1.807, 2.05) is 30.5 Å². The number of halogens is 1. The molecule has 2 N–H and O–H groups in total. The average molecular weight is 304 g/mol. The van der Waals surface area contributed by atoms with Crippen LogP contribution in [0.4, 0.5) is 0 Å². The number of aromatic nitrogens is 2. The highest BCUT2D eigenvalue weighted by atomic mass is 35.5. The fourth-order valence-electron chi connectivity index (χ4n) is 3.43. The Morgan fingerprint density at radius 3 is 3.10 bits per heavy atom. The van der Waals surface area contributed by atoms with Crippen molar-refractivity contribution in [3.8, 4) is 11.3 Å². The molecule has 2 aliphatic rings. The Labute approximate surface area is 128 Å². The van der Waals surface area contributed by atoms with Gasteiger partial charge < -0.3 is 10.1 Å². The van der Waals surface area contributed by atoms with E-state index in [0.717, 1.165) is 29.2 Å². The molecular formula is C16H18ClN3O. The topological polar surface area (TPSA) is 49.9 Å². The Bertz CT molecular complexity index is 642. The van der Waals surface area contributed by atoms with E-state index in [1.54, 1.807) is 0 Å². The molecule has 5 heteroatoms. The number of aromatic amines is 1. The van der Waals surface area contributed by atoms with Crippen LogP contribution in [0.15, 0.2) is 30.5 Å². The van der Waals surface area contributed by atoms with Crippen molar-refractivity contribution in [1.82, 2.24) is 15.5 Å². The maximum Gasteiger partial charge on any atom is 0.0733 e. The van der Waals surface area contributed by atoms with Crippen molar-refractivity contribution in [3.63, 3.8) is 0 Å². The highest BCUT2D eigenvalue weighted by Crippen LogP contribution is 2.34. The molecule has 2 saturated heterocycles. The zero-order valence-corrected chi connectivity index (χ0v) is 12.4. The summed E-state index contributed by atoms with van der Waals surface area (Å²) >= 11 is 6.07. The summed E-state index contributed by atoms with van der Waals surface area (Å²) < 4.78 is 5.88. The number of benzene rings is 1. The fraction of sp³-hybridized carbons (Fsp3) is 0.438. The molecule has 3 unspecified atom stereocenters. The van der Waals surface area contributed by atoms with Crippen LogP contribution in [0, 0.1) is 0 Å². The van der Waals surface area contributed by atoms with E-state index < -0.39 is 0 Å². The third kappa shape index (κ3) is 2.59. The largest absolute Gasteiger partial charge is 0.373 e. The van der Waals surface area contributed by atoms with Crippen molar-refractivity contribution in [2.75, 3.05) is 0 Å². The van der Waals surface area contributed by atoms with Gasteiger partial charge in [0.05, 0.1) is 24.1 Å². The minimum absolute atomic E-state index is 0.400. The van der Waals surface area contributed by atoms with Crippen molar-refractivity contribution < 1.29 is 4.74 Å². The quantitative estimate of drug-likeness (QED) is 0.912. The Kier molecular flexibility index (Phi) is 3.45. The van der Waals surface area contributed by atoms with Crippen molar-refractivity contribution in [1.29, 1.82) is 0 Å². The lowest BCUT2D eigenvalue weighted by Crippen LogP contribution is -2.37. The van der Waals surface area contributed by atoms with Crippen LogP contribution in [0.3, 0.4) is 0 Å². The van der Waals surface area contributed by atoms with Gasteiger partial charge in [0.2, 0.25) is 0 Å². The van der Waals surface area contributed by atoms with Crippen molar-refractivity contribution >= 4 is 11.6 Å². The molecule has 0 amide bonds. The van der Waals surface area contributed by atoms with E-state index in [-0.39, 0.29) is 0 Å². The van der Waals surface area contributed by atoms with E-state index in [4.69, 9.17) is 16.3 Å². The summed E-state index contributed by atoms with van der Waals surface area (Å²) in [6.45, 7) is 0.801. The third-order valence-corrected chi connectivity index (χ3v) is 4.73. The summed E-state index contributed by atoms with van der Waals surface area (Å²) in [5.74, 6) is 0. The molecule has 0 radical (unpaired) electrons. The molecule has 4 nitrogen and oxygen atoms in total. The van der Waals surface area contributed by atoms with Gasteiger partial charge in [-0.2, -0.15) is 5.10 Å². The Morgan fingerprint density at radius 2 is 2.33 bits per heavy atom. The standard InChI is InChI=1S/C16H18ClN3O/c17-12-3-1-2-10(6-12)16-11(9-19-20-16)8-18-14-7-13-4-5-15(14)21-13/h1-3,6,9,13-15,18H,4-5,7-8H2,(H,19,20). The Balaban J connectivity index is 1.48. The predicted octanol–water partition coefficient (Wildman–Crippen LogP) is 3.14. The first-order valence-electron chi connectivity index (χ1n) is 7.46. The molecule has 4 rings (SSSR count). The average Bonchev–Trinajstić information content (AvgIpc) is 3.21. The number of ether oxygens (including phenoxy) is 1. The molecular weight excluding hydrogens is 286 g/mol. The van der Waals surface area contributed by atoms with E-state index in [2.05, 4.69) is 15.5 Å². The zero-order valence-electron chi connectivity index (χ0n) is 11.7. The second kappa shape index (κ2) is 5.44. The fourth-order valence-corrected chi connectivity index (χ4v) is 3.62. The molecule has 2 aromatic rings. The van der Waals surface area contributed by atoms with Crippen LogP contribution in [0.5, 0.6) is 0 Å². The predicted molar refractivity (Wildman–Crippen MR) is 82.2 cm³/mol. The van der Waals surface area contributed by atoms with E-state index in [1.165, 1.54) is 18.4 Å². The lowest BCUT2D eigenvalue weighted by atomic mass is 9.95. The minimum atomic E-state index is 0.400. The van der Waals surface area contributed by atoms with Crippen LogP contribution in [-0.2, 0) is 11.3 Å². The Morgan fingerprint density at radius 1 is 1.38 bits per heavy atom. The zero-order chi connectivity index (χ0) is 14.2. The monoisotopic (exact) mass is 303 g/mol. The lowest BCUT2D eigenvalue weighted by molar-refractivity contribution is 0.0973. The third-order valence-electron chi connectivity index (χ3n) is 4.49. The van der Waals surface area contributed by atoms with Gasteiger partial charge in [-0.05, 0) is 31.4 Å². The summed E-state index contributed by atoms with van der Waals surface area (Å²) in [6.07, 6.45) is 6.31. The van der Waals surface area contributed by atoms with Crippen LogP contribution >= 0.6 is 11.6 Å². The first kappa shape index (κ1) is 13.3. The summed E-state index contributed by atoms with van der Waals surface area (Å²) in [5.41, 5.74) is 3.27. The van der Waals surface area contributed by atoms with Crippen LogP contribution < -0.4 is 5.32 Å². The molecule has 2 aliphatic heterocycles. The highest BCUT2D eigenvalue weighted by molar-refractivity contribution is 6.30. The van der Waals surface area contributed by atoms with Gasteiger partial charge in [0, 0.05) is 28.7 Å². The normalized spacial score (nSPS) is 27.4. The number of hydrogen-bond acceptors (Lipinski definition) is 3. The summed E-state index contributed by atoms with van der Waals surface area (Å²) in [5, 5.41) is 11.6. The molecule has 2 fully saturated rings. The molecule has 0 aliphatic carbocycles. The van der Waals surface area contributed by atoms with E-state index >= 15 is 0 Å². The molecule has 1 aromatic heterocycles. The van der Waals surface area contributed by atoms with Crippen LogP contribution in [0.1, 0.15) is 24.8 Å². The molecule has 21 heavy (non-hydrogen) atoms. The van der Waals surface area contributed by atoms with E-state index in [0.29, 0.717) is 18.2 Å². The molecule has 1 aromatic carbocycles.